The fraction of sp³-hybridized carbons (Fsp3) is 0.333. The molecule has 2 aromatic rings. The van der Waals surface area contributed by atoms with Gasteiger partial charge < -0.3 is 15.4 Å². The molecule has 0 saturated carbocycles. The molecular formula is C12H14FN3O2. The fourth-order valence-electron chi connectivity index (χ4n) is 1.63. The predicted molar refractivity (Wildman–Crippen MR) is 63.1 cm³/mol. The zero-order valence-corrected chi connectivity index (χ0v) is 9.93. The number of rotatable bonds is 4. The molecular weight excluding hydrogens is 237 g/mol. The molecule has 2 rings (SSSR count). The average molecular weight is 251 g/mol. The van der Waals surface area contributed by atoms with Crippen LogP contribution in [0.3, 0.4) is 0 Å². The van der Waals surface area contributed by atoms with Crippen LogP contribution in [0.4, 0.5) is 4.39 Å². The minimum atomic E-state index is -0.883. The topological polar surface area (TPSA) is 85.2 Å². The molecule has 1 aromatic heterocycles. The van der Waals surface area contributed by atoms with Crippen molar-refractivity contribution in [1.82, 2.24) is 10.1 Å². The lowest BCUT2D eigenvalue weighted by atomic mass is 10.1. The van der Waals surface area contributed by atoms with Crippen LogP contribution in [-0.2, 0) is 0 Å². The fourth-order valence-corrected chi connectivity index (χ4v) is 1.63. The van der Waals surface area contributed by atoms with Gasteiger partial charge in [0.15, 0.2) is 0 Å². The van der Waals surface area contributed by atoms with Crippen LogP contribution < -0.4 is 5.73 Å². The van der Waals surface area contributed by atoms with Gasteiger partial charge in [0, 0.05) is 5.56 Å². The summed E-state index contributed by atoms with van der Waals surface area (Å²) in [6.07, 6.45) is -0.546. The molecule has 0 fully saturated rings. The Morgan fingerprint density at radius 2 is 2.22 bits per heavy atom. The minimum absolute atomic E-state index is 0.0948. The van der Waals surface area contributed by atoms with E-state index >= 15 is 0 Å². The molecule has 18 heavy (non-hydrogen) atoms. The van der Waals surface area contributed by atoms with Crippen molar-refractivity contribution in [2.45, 2.75) is 19.4 Å². The van der Waals surface area contributed by atoms with E-state index in [0.717, 1.165) is 5.56 Å². The monoisotopic (exact) mass is 251 g/mol. The molecule has 0 bridgehead atoms. The van der Waals surface area contributed by atoms with E-state index in [1.54, 1.807) is 13.0 Å². The number of aromatic nitrogens is 2. The first-order valence-electron chi connectivity index (χ1n) is 5.59. The van der Waals surface area contributed by atoms with E-state index < -0.39 is 6.10 Å². The van der Waals surface area contributed by atoms with Crippen molar-refractivity contribution in [2.75, 3.05) is 6.54 Å². The summed E-state index contributed by atoms with van der Waals surface area (Å²) in [5.74, 6) is -0.0140. The van der Waals surface area contributed by atoms with Crippen molar-refractivity contribution >= 4 is 0 Å². The van der Waals surface area contributed by atoms with E-state index in [2.05, 4.69) is 10.1 Å². The van der Waals surface area contributed by atoms with Crippen LogP contribution >= 0.6 is 0 Å². The zero-order chi connectivity index (χ0) is 13.1. The van der Waals surface area contributed by atoms with Crippen LogP contribution in [0, 0.1) is 12.7 Å². The Kier molecular flexibility index (Phi) is 3.69. The van der Waals surface area contributed by atoms with Gasteiger partial charge in [0.2, 0.25) is 5.82 Å². The highest BCUT2D eigenvalue weighted by Gasteiger charge is 2.16. The SMILES string of the molecule is Cc1cc(F)cc(-c2noc(C(O)CCN)n2)c1. The third kappa shape index (κ3) is 2.72. The van der Waals surface area contributed by atoms with Gasteiger partial charge >= 0.3 is 0 Å². The van der Waals surface area contributed by atoms with Crippen LogP contribution in [0.25, 0.3) is 11.4 Å². The number of halogens is 1. The van der Waals surface area contributed by atoms with E-state index in [-0.39, 0.29) is 17.5 Å². The number of benzene rings is 1. The van der Waals surface area contributed by atoms with Gasteiger partial charge in [0.1, 0.15) is 11.9 Å². The summed E-state index contributed by atoms with van der Waals surface area (Å²) >= 11 is 0. The lowest BCUT2D eigenvalue weighted by molar-refractivity contribution is 0.127. The molecule has 0 amide bonds. The second-order valence-electron chi connectivity index (χ2n) is 4.07. The van der Waals surface area contributed by atoms with Crippen molar-refractivity contribution in [2.24, 2.45) is 5.73 Å². The Morgan fingerprint density at radius 1 is 1.44 bits per heavy atom. The Balaban J connectivity index is 2.29. The van der Waals surface area contributed by atoms with E-state index in [0.29, 0.717) is 18.5 Å². The van der Waals surface area contributed by atoms with Crippen molar-refractivity contribution < 1.29 is 14.0 Å². The van der Waals surface area contributed by atoms with Gasteiger partial charge in [-0.15, -0.1) is 0 Å². The molecule has 96 valence electrons. The summed E-state index contributed by atoms with van der Waals surface area (Å²) in [5, 5.41) is 13.4. The van der Waals surface area contributed by atoms with E-state index in [9.17, 15) is 9.50 Å². The van der Waals surface area contributed by atoms with E-state index in [4.69, 9.17) is 10.3 Å². The second-order valence-corrected chi connectivity index (χ2v) is 4.07. The van der Waals surface area contributed by atoms with Crippen LogP contribution in [0.5, 0.6) is 0 Å². The number of aliphatic hydroxyl groups excluding tert-OH is 1. The Labute approximate surface area is 103 Å². The summed E-state index contributed by atoms with van der Waals surface area (Å²) in [6.45, 7) is 2.09. The molecule has 1 atom stereocenters. The number of nitrogens with zero attached hydrogens (tertiary/aromatic N) is 2. The number of nitrogens with two attached hydrogens (primary N) is 1. The molecule has 3 N–H and O–H groups in total. The zero-order valence-electron chi connectivity index (χ0n) is 9.93. The Hall–Kier alpha value is -1.79. The van der Waals surface area contributed by atoms with Gasteiger partial charge in [0.05, 0.1) is 0 Å². The van der Waals surface area contributed by atoms with Gasteiger partial charge in [0.25, 0.3) is 5.89 Å². The largest absolute Gasteiger partial charge is 0.383 e. The predicted octanol–water partition coefficient (Wildman–Crippen LogP) is 1.57. The van der Waals surface area contributed by atoms with Gasteiger partial charge in [-0.25, -0.2) is 4.39 Å². The molecule has 1 unspecified atom stereocenters. The van der Waals surface area contributed by atoms with Crippen LogP contribution in [0.1, 0.15) is 24.0 Å². The lowest BCUT2D eigenvalue weighted by Crippen LogP contribution is -2.06. The van der Waals surface area contributed by atoms with Crippen LogP contribution in [0.2, 0.25) is 0 Å². The highest BCUT2D eigenvalue weighted by atomic mass is 19.1. The molecule has 0 saturated heterocycles. The molecule has 0 spiro atoms. The molecule has 0 radical (unpaired) electrons. The van der Waals surface area contributed by atoms with Gasteiger partial charge in [-0.05, 0) is 43.7 Å². The smallest absolute Gasteiger partial charge is 0.255 e. The Bertz CT molecular complexity index is 522. The third-order valence-electron chi connectivity index (χ3n) is 2.47. The summed E-state index contributed by atoms with van der Waals surface area (Å²) in [7, 11) is 0. The minimum Gasteiger partial charge on any atom is -0.383 e. The normalized spacial score (nSPS) is 12.7. The summed E-state index contributed by atoms with van der Waals surface area (Å²) in [4.78, 5) is 4.03. The number of hydrogen-bond acceptors (Lipinski definition) is 5. The van der Waals surface area contributed by atoms with Crippen LogP contribution in [0.15, 0.2) is 22.7 Å². The molecule has 0 aliphatic rings. The maximum Gasteiger partial charge on any atom is 0.255 e. The Morgan fingerprint density at radius 3 is 2.89 bits per heavy atom. The summed E-state index contributed by atoms with van der Waals surface area (Å²) < 4.78 is 18.2. The summed E-state index contributed by atoms with van der Waals surface area (Å²) in [6, 6.07) is 4.47. The van der Waals surface area contributed by atoms with E-state index in [1.807, 2.05) is 0 Å². The van der Waals surface area contributed by atoms with Crippen molar-refractivity contribution in [3.8, 4) is 11.4 Å². The molecule has 6 heteroatoms. The third-order valence-corrected chi connectivity index (χ3v) is 2.47. The number of hydrogen-bond donors (Lipinski definition) is 2. The second kappa shape index (κ2) is 5.24. The van der Waals surface area contributed by atoms with Crippen LogP contribution in [-0.4, -0.2) is 21.8 Å². The summed E-state index contributed by atoms with van der Waals surface area (Å²) in [5.41, 5.74) is 6.60. The quantitative estimate of drug-likeness (QED) is 0.861. The number of aryl methyl sites for hydroxylation is 1. The van der Waals surface area contributed by atoms with Crippen molar-refractivity contribution in [3.05, 3.63) is 35.5 Å². The van der Waals surface area contributed by atoms with Gasteiger partial charge in [-0.1, -0.05) is 5.16 Å². The van der Waals surface area contributed by atoms with Crippen molar-refractivity contribution in [3.63, 3.8) is 0 Å². The maximum atomic E-state index is 13.2. The first kappa shape index (κ1) is 12.7. The molecule has 0 aliphatic heterocycles. The molecule has 1 aromatic carbocycles. The first-order valence-corrected chi connectivity index (χ1v) is 5.59. The van der Waals surface area contributed by atoms with Gasteiger partial charge in [-0.2, -0.15) is 4.98 Å². The maximum absolute atomic E-state index is 13.2. The highest BCUT2D eigenvalue weighted by Crippen LogP contribution is 2.21. The first-order chi connectivity index (χ1) is 8.60. The van der Waals surface area contributed by atoms with Gasteiger partial charge in [-0.3, -0.25) is 0 Å². The molecule has 5 nitrogen and oxygen atoms in total. The average Bonchev–Trinajstić information content (AvgIpc) is 2.77. The van der Waals surface area contributed by atoms with E-state index in [1.165, 1.54) is 12.1 Å². The standard InChI is InChI=1S/C12H14FN3O2/c1-7-4-8(6-9(13)5-7)11-15-12(18-16-11)10(17)2-3-14/h4-6,10,17H,2-3,14H2,1H3. The lowest BCUT2D eigenvalue weighted by Gasteiger charge is -2.01. The number of aliphatic hydroxyl groups is 1. The highest BCUT2D eigenvalue weighted by molar-refractivity contribution is 5.55. The molecule has 0 aliphatic carbocycles. The molecule has 1 heterocycles. The van der Waals surface area contributed by atoms with Crippen molar-refractivity contribution in [1.29, 1.82) is 0 Å².